The lowest BCUT2D eigenvalue weighted by Gasteiger charge is -2.41. The van der Waals surface area contributed by atoms with E-state index in [-0.39, 0.29) is 5.54 Å². The predicted octanol–water partition coefficient (Wildman–Crippen LogP) is 3.00. The van der Waals surface area contributed by atoms with Gasteiger partial charge in [0.15, 0.2) is 5.82 Å². The fraction of sp³-hybridized carbons (Fsp3) is 0.588. The largest absolute Gasteiger partial charge is 0.297 e. The van der Waals surface area contributed by atoms with Crippen molar-refractivity contribution in [2.45, 2.75) is 51.5 Å². The van der Waals surface area contributed by atoms with Gasteiger partial charge in [0.05, 0.1) is 11.2 Å². The van der Waals surface area contributed by atoms with Crippen molar-refractivity contribution in [3.05, 3.63) is 35.2 Å². The molecule has 1 fully saturated rings. The molecule has 0 amide bonds. The zero-order chi connectivity index (χ0) is 15.7. The summed E-state index contributed by atoms with van der Waals surface area (Å²) in [4.78, 5) is 2.31. The third-order valence-corrected chi connectivity index (χ3v) is 5.23. The van der Waals surface area contributed by atoms with Crippen LogP contribution in [-0.2, 0) is 5.54 Å². The number of aryl methyl sites for hydroxylation is 1. The fourth-order valence-corrected chi connectivity index (χ4v) is 3.61. The number of aromatic nitrogens is 4. The number of hydrogen-bond acceptors (Lipinski definition) is 4. The second kappa shape index (κ2) is 5.80. The van der Waals surface area contributed by atoms with Crippen LogP contribution < -0.4 is 0 Å². The van der Waals surface area contributed by atoms with E-state index in [2.05, 4.69) is 66.6 Å². The van der Waals surface area contributed by atoms with Gasteiger partial charge in [0.25, 0.3) is 0 Å². The first kappa shape index (κ1) is 15.2. The van der Waals surface area contributed by atoms with Gasteiger partial charge in [0, 0.05) is 0 Å². The van der Waals surface area contributed by atoms with E-state index in [0.717, 1.165) is 24.4 Å². The summed E-state index contributed by atoms with van der Waals surface area (Å²) in [6.45, 7) is 4.27. The second-order valence-corrected chi connectivity index (χ2v) is 6.62. The number of hydrogen-bond donors (Lipinski definition) is 0. The molecule has 3 rings (SSSR count). The molecule has 5 heteroatoms. The van der Waals surface area contributed by atoms with Crippen LogP contribution in [-0.4, -0.2) is 39.2 Å². The third kappa shape index (κ3) is 2.33. The first-order valence-electron chi connectivity index (χ1n) is 8.09. The minimum absolute atomic E-state index is 0.0576. The molecule has 0 atom stereocenters. The van der Waals surface area contributed by atoms with E-state index in [0.29, 0.717) is 0 Å². The molecule has 0 N–H and O–H groups in total. The Labute approximate surface area is 132 Å². The van der Waals surface area contributed by atoms with Crippen LogP contribution in [0.25, 0.3) is 5.69 Å². The lowest BCUT2D eigenvalue weighted by atomic mass is 9.80. The molecule has 1 heterocycles. The molecule has 22 heavy (non-hydrogen) atoms. The number of nitrogens with zero attached hydrogens (tertiary/aromatic N) is 5. The van der Waals surface area contributed by atoms with Crippen molar-refractivity contribution in [3.63, 3.8) is 0 Å². The molecule has 0 bridgehead atoms. The molecule has 1 aromatic carbocycles. The van der Waals surface area contributed by atoms with Gasteiger partial charge >= 0.3 is 0 Å². The Morgan fingerprint density at radius 2 is 1.82 bits per heavy atom. The zero-order valence-electron chi connectivity index (χ0n) is 14.0. The van der Waals surface area contributed by atoms with Gasteiger partial charge in [0.2, 0.25) is 0 Å². The second-order valence-electron chi connectivity index (χ2n) is 6.62. The lowest BCUT2D eigenvalue weighted by Crippen LogP contribution is -2.45. The highest BCUT2D eigenvalue weighted by atomic mass is 15.6. The number of tetrazole rings is 1. The molecule has 1 aromatic heterocycles. The van der Waals surface area contributed by atoms with Crippen molar-refractivity contribution >= 4 is 0 Å². The molecule has 0 aliphatic heterocycles. The smallest absolute Gasteiger partial charge is 0.176 e. The van der Waals surface area contributed by atoms with Crippen LogP contribution in [0.3, 0.4) is 0 Å². The molecule has 0 unspecified atom stereocenters. The van der Waals surface area contributed by atoms with E-state index in [1.165, 1.54) is 30.4 Å². The minimum Gasteiger partial charge on any atom is -0.297 e. The van der Waals surface area contributed by atoms with Crippen LogP contribution in [0.1, 0.15) is 49.1 Å². The normalized spacial score (nSPS) is 17.9. The minimum atomic E-state index is -0.0576. The van der Waals surface area contributed by atoms with Gasteiger partial charge in [-0.1, -0.05) is 31.4 Å². The summed E-state index contributed by atoms with van der Waals surface area (Å²) in [5.41, 5.74) is 3.53. The Morgan fingerprint density at radius 1 is 1.09 bits per heavy atom. The van der Waals surface area contributed by atoms with E-state index >= 15 is 0 Å². The SMILES string of the molecule is Cc1cccc(-n2nnnc2C2(N(C)C)CCCCC2)c1C. The summed E-state index contributed by atoms with van der Waals surface area (Å²) < 4.78 is 1.95. The Kier molecular flexibility index (Phi) is 4.00. The quantitative estimate of drug-likeness (QED) is 0.874. The van der Waals surface area contributed by atoms with E-state index in [4.69, 9.17) is 0 Å². The zero-order valence-corrected chi connectivity index (χ0v) is 14.0. The lowest BCUT2D eigenvalue weighted by molar-refractivity contribution is 0.0865. The van der Waals surface area contributed by atoms with Crippen LogP contribution in [0, 0.1) is 13.8 Å². The monoisotopic (exact) mass is 299 g/mol. The highest BCUT2D eigenvalue weighted by Gasteiger charge is 2.41. The van der Waals surface area contributed by atoms with Crippen LogP contribution in [0.15, 0.2) is 18.2 Å². The molecular formula is C17H25N5. The Hall–Kier alpha value is -1.75. The molecular weight excluding hydrogens is 274 g/mol. The average molecular weight is 299 g/mol. The standard InChI is InChI=1S/C17H25N5/c1-13-9-8-10-15(14(13)2)22-16(18-19-20-22)17(21(3)4)11-6-5-7-12-17/h8-10H,5-7,11-12H2,1-4H3. The summed E-state index contributed by atoms with van der Waals surface area (Å²) in [6, 6.07) is 6.31. The van der Waals surface area contributed by atoms with Gasteiger partial charge in [-0.15, -0.1) is 5.10 Å². The van der Waals surface area contributed by atoms with Gasteiger partial charge in [-0.05, 0) is 68.4 Å². The number of benzene rings is 1. The molecule has 0 spiro atoms. The van der Waals surface area contributed by atoms with Gasteiger partial charge in [0.1, 0.15) is 0 Å². The summed E-state index contributed by atoms with van der Waals surface area (Å²) in [5.74, 6) is 0.978. The number of rotatable bonds is 3. The molecule has 5 nitrogen and oxygen atoms in total. The van der Waals surface area contributed by atoms with Crippen molar-refractivity contribution in [1.29, 1.82) is 0 Å². The fourth-order valence-electron chi connectivity index (χ4n) is 3.61. The summed E-state index contributed by atoms with van der Waals surface area (Å²) in [7, 11) is 4.29. The van der Waals surface area contributed by atoms with Crippen molar-refractivity contribution in [2.75, 3.05) is 14.1 Å². The van der Waals surface area contributed by atoms with Crippen molar-refractivity contribution in [1.82, 2.24) is 25.1 Å². The first-order valence-corrected chi connectivity index (χ1v) is 8.09. The highest BCUT2D eigenvalue weighted by molar-refractivity contribution is 5.44. The van der Waals surface area contributed by atoms with E-state index in [9.17, 15) is 0 Å². The molecule has 0 saturated heterocycles. The van der Waals surface area contributed by atoms with Gasteiger partial charge in [-0.2, -0.15) is 4.68 Å². The topological polar surface area (TPSA) is 46.8 Å². The van der Waals surface area contributed by atoms with Crippen molar-refractivity contribution in [3.8, 4) is 5.69 Å². The van der Waals surface area contributed by atoms with Crippen molar-refractivity contribution < 1.29 is 0 Å². The maximum Gasteiger partial charge on any atom is 0.176 e. The highest BCUT2D eigenvalue weighted by Crippen LogP contribution is 2.40. The Balaban J connectivity index is 2.13. The molecule has 1 aliphatic carbocycles. The third-order valence-electron chi connectivity index (χ3n) is 5.23. The first-order chi connectivity index (χ1) is 10.6. The summed E-state index contributed by atoms with van der Waals surface area (Å²) in [5, 5.41) is 12.8. The predicted molar refractivity (Wildman–Crippen MR) is 87.1 cm³/mol. The maximum absolute atomic E-state index is 4.44. The van der Waals surface area contributed by atoms with E-state index < -0.39 is 0 Å². The van der Waals surface area contributed by atoms with Gasteiger partial charge in [-0.25, -0.2) is 0 Å². The molecule has 1 saturated carbocycles. The van der Waals surface area contributed by atoms with Crippen LogP contribution >= 0.6 is 0 Å². The summed E-state index contributed by atoms with van der Waals surface area (Å²) in [6.07, 6.45) is 6.01. The van der Waals surface area contributed by atoms with E-state index in [1.54, 1.807) is 0 Å². The van der Waals surface area contributed by atoms with Gasteiger partial charge in [-0.3, -0.25) is 4.90 Å². The van der Waals surface area contributed by atoms with Crippen LogP contribution in [0.5, 0.6) is 0 Å². The summed E-state index contributed by atoms with van der Waals surface area (Å²) >= 11 is 0. The maximum atomic E-state index is 4.44. The van der Waals surface area contributed by atoms with Crippen LogP contribution in [0.4, 0.5) is 0 Å². The molecule has 0 radical (unpaired) electrons. The molecule has 2 aromatic rings. The van der Waals surface area contributed by atoms with E-state index in [1.807, 2.05) is 4.68 Å². The Morgan fingerprint density at radius 3 is 2.50 bits per heavy atom. The van der Waals surface area contributed by atoms with Gasteiger partial charge < -0.3 is 0 Å². The Bertz CT molecular complexity index is 653. The van der Waals surface area contributed by atoms with Crippen LogP contribution in [0.2, 0.25) is 0 Å². The average Bonchev–Trinajstić information content (AvgIpc) is 3.00. The molecule has 1 aliphatic rings. The molecule has 118 valence electrons. The van der Waals surface area contributed by atoms with Crippen molar-refractivity contribution in [2.24, 2.45) is 0 Å².